The van der Waals surface area contributed by atoms with Gasteiger partial charge in [0.05, 0.1) is 0 Å². The number of hydrogen-bond acceptors (Lipinski definition) is 6. The summed E-state index contributed by atoms with van der Waals surface area (Å²) in [5.74, 6) is -0.863. The second-order valence-electron chi connectivity index (χ2n) is 18.9. The number of allylic oxidation sites excluding steroid dienone is 2. The summed E-state index contributed by atoms with van der Waals surface area (Å²) >= 11 is 0. The number of unbranched alkanes of at least 4 members (excludes halogenated alkanes) is 38. The first-order valence-electron chi connectivity index (χ1n) is 27.7. The fourth-order valence-corrected chi connectivity index (χ4v) is 8.32. The Bertz CT molecular complexity index is 962. The van der Waals surface area contributed by atoms with Crippen LogP contribution in [0.3, 0.4) is 0 Å². The van der Waals surface area contributed by atoms with E-state index < -0.39 is 6.10 Å². The summed E-state index contributed by atoms with van der Waals surface area (Å²) in [6.07, 6.45) is 58.3. The Morgan fingerprint density at radius 3 is 0.806 bits per heavy atom. The molecule has 1 unspecified atom stereocenters. The van der Waals surface area contributed by atoms with E-state index in [-0.39, 0.29) is 31.1 Å². The molecule has 366 valence electrons. The molecule has 0 rings (SSSR count). The van der Waals surface area contributed by atoms with Gasteiger partial charge in [-0.25, -0.2) is 0 Å². The zero-order valence-corrected chi connectivity index (χ0v) is 41.9. The number of rotatable bonds is 51. The highest BCUT2D eigenvalue weighted by Crippen LogP contribution is 2.17. The summed E-state index contributed by atoms with van der Waals surface area (Å²) < 4.78 is 16.7. The Kier molecular flexibility index (Phi) is 50.2. The van der Waals surface area contributed by atoms with E-state index in [4.69, 9.17) is 14.2 Å². The molecule has 0 spiro atoms. The van der Waals surface area contributed by atoms with Crippen LogP contribution >= 0.6 is 0 Å². The monoisotopic (exact) mass is 875 g/mol. The van der Waals surface area contributed by atoms with Crippen LogP contribution in [0.4, 0.5) is 0 Å². The van der Waals surface area contributed by atoms with E-state index in [1.54, 1.807) is 0 Å². The van der Waals surface area contributed by atoms with Gasteiger partial charge in [0.15, 0.2) is 6.10 Å². The Labute approximate surface area is 386 Å². The normalized spacial score (nSPS) is 12.0. The highest BCUT2D eigenvalue weighted by Gasteiger charge is 2.19. The van der Waals surface area contributed by atoms with Crippen molar-refractivity contribution in [2.45, 2.75) is 316 Å². The van der Waals surface area contributed by atoms with Crippen LogP contribution in [-0.4, -0.2) is 37.2 Å². The van der Waals surface area contributed by atoms with Gasteiger partial charge >= 0.3 is 17.9 Å². The molecule has 0 aromatic rings. The molecule has 0 aliphatic heterocycles. The van der Waals surface area contributed by atoms with Crippen molar-refractivity contribution in [1.82, 2.24) is 0 Å². The lowest BCUT2D eigenvalue weighted by atomic mass is 10.0. The molecular formula is C56H106O6. The molecule has 0 bridgehead atoms. The van der Waals surface area contributed by atoms with Crippen LogP contribution in [-0.2, 0) is 28.6 Å². The average Bonchev–Trinajstić information content (AvgIpc) is 3.27. The number of ether oxygens (including phenoxy) is 3. The molecule has 0 heterocycles. The molecular weight excluding hydrogens is 769 g/mol. The second-order valence-corrected chi connectivity index (χ2v) is 18.9. The fourth-order valence-electron chi connectivity index (χ4n) is 8.32. The highest BCUT2D eigenvalue weighted by molar-refractivity contribution is 5.71. The van der Waals surface area contributed by atoms with Crippen molar-refractivity contribution >= 4 is 17.9 Å². The summed E-state index contributed by atoms with van der Waals surface area (Å²) in [5.41, 5.74) is 0. The molecule has 6 nitrogen and oxygen atoms in total. The Balaban J connectivity index is 3.94. The van der Waals surface area contributed by atoms with Crippen molar-refractivity contribution in [3.63, 3.8) is 0 Å². The van der Waals surface area contributed by atoms with Gasteiger partial charge in [0.1, 0.15) is 13.2 Å². The van der Waals surface area contributed by atoms with Crippen molar-refractivity contribution in [2.24, 2.45) is 0 Å². The number of esters is 3. The van der Waals surface area contributed by atoms with Gasteiger partial charge in [-0.1, -0.05) is 258 Å². The first-order chi connectivity index (χ1) is 30.5. The van der Waals surface area contributed by atoms with Gasteiger partial charge < -0.3 is 14.2 Å². The molecule has 0 aliphatic carbocycles. The third-order valence-corrected chi connectivity index (χ3v) is 12.5. The lowest BCUT2D eigenvalue weighted by Gasteiger charge is -2.18. The van der Waals surface area contributed by atoms with Crippen molar-refractivity contribution in [2.75, 3.05) is 13.2 Å². The molecule has 6 heteroatoms. The van der Waals surface area contributed by atoms with E-state index in [1.165, 1.54) is 205 Å². The maximum Gasteiger partial charge on any atom is 0.306 e. The molecule has 0 saturated heterocycles. The quantitative estimate of drug-likeness (QED) is 0.0262. The van der Waals surface area contributed by atoms with Crippen molar-refractivity contribution < 1.29 is 28.6 Å². The molecule has 0 N–H and O–H groups in total. The van der Waals surface area contributed by atoms with Crippen molar-refractivity contribution in [3.8, 4) is 0 Å². The summed E-state index contributed by atoms with van der Waals surface area (Å²) in [4.78, 5) is 37.6. The van der Waals surface area contributed by atoms with E-state index in [0.29, 0.717) is 19.3 Å². The molecule has 0 fully saturated rings. The highest BCUT2D eigenvalue weighted by atomic mass is 16.6. The Hall–Kier alpha value is -1.85. The van der Waals surface area contributed by atoms with Crippen LogP contribution in [0.2, 0.25) is 0 Å². The van der Waals surface area contributed by atoms with Crippen LogP contribution in [0.15, 0.2) is 12.2 Å². The van der Waals surface area contributed by atoms with E-state index in [0.717, 1.165) is 64.2 Å². The van der Waals surface area contributed by atoms with Crippen LogP contribution in [0.1, 0.15) is 310 Å². The van der Waals surface area contributed by atoms with Gasteiger partial charge in [-0.2, -0.15) is 0 Å². The maximum absolute atomic E-state index is 12.7. The number of hydrogen-bond donors (Lipinski definition) is 0. The van der Waals surface area contributed by atoms with E-state index >= 15 is 0 Å². The molecule has 62 heavy (non-hydrogen) atoms. The Morgan fingerprint density at radius 2 is 0.532 bits per heavy atom. The zero-order valence-electron chi connectivity index (χ0n) is 41.9. The van der Waals surface area contributed by atoms with Gasteiger partial charge in [-0.05, 0) is 44.9 Å². The first kappa shape index (κ1) is 60.2. The first-order valence-corrected chi connectivity index (χ1v) is 27.7. The number of carbonyl (C=O) groups excluding carboxylic acids is 3. The topological polar surface area (TPSA) is 78.9 Å². The molecule has 0 aliphatic rings. The third-order valence-electron chi connectivity index (χ3n) is 12.5. The minimum atomic E-state index is -0.760. The second kappa shape index (κ2) is 51.8. The summed E-state index contributed by atoms with van der Waals surface area (Å²) in [7, 11) is 0. The van der Waals surface area contributed by atoms with Crippen LogP contribution < -0.4 is 0 Å². The van der Waals surface area contributed by atoms with Gasteiger partial charge in [0.2, 0.25) is 0 Å². The summed E-state index contributed by atoms with van der Waals surface area (Å²) in [5, 5.41) is 0. The minimum absolute atomic E-state index is 0.0654. The number of carbonyl (C=O) groups is 3. The van der Waals surface area contributed by atoms with Gasteiger partial charge in [0, 0.05) is 19.3 Å². The molecule has 1 atom stereocenters. The lowest BCUT2D eigenvalue weighted by molar-refractivity contribution is -0.167. The molecule has 0 aromatic heterocycles. The molecule has 0 amide bonds. The van der Waals surface area contributed by atoms with E-state index in [2.05, 4.69) is 32.9 Å². The smallest absolute Gasteiger partial charge is 0.306 e. The van der Waals surface area contributed by atoms with Gasteiger partial charge in [-0.15, -0.1) is 0 Å². The predicted octanol–water partition coefficient (Wildman–Crippen LogP) is 18.2. The lowest BCUT2D eigenvalue weighted by Crippen LogP contribution is -2.30. The van der Waals surface area contributed by atoms with Crippen LogP contribution in [0.5, 0.6) is 0 Å². The minimum Gasteiger partial charge on any atom is -0.462 e. The van der Waals surface area contributed by atoms with Gasteiger partial charge in [0.25, 0.3) is 0 Å². The molecule has 0 aromatic carbocycles. The zero-order chi connectivity index (χ0) is 45.1. The standard InChI is InChI=1S/C56H106O6/c1-4-7-10-13-15-17-19-21-22-23-24-25-26-27-28-29-30-31-32-33-34-35-37-38-40-43-46-49-55(58)61-52-53(51-60-54(57)48-45-42-12-9-6-3)62-56(59)50-47-44-41-39-36-20-18-16-14-11-8-5-2/h23-24,53H,4-22,25-52H2,1-3H3/b24-23-. The maximum atomic E-state index is 12.7. The average molecular weight is 875 g/mol. The van der Waals surface area contributed by atoms with Crippen molar-refractivity contribution in [1.29, 1.82) is 0 Å². The largest absolute Gasteiger partial charge is 0.462 e. The van der Waals surface area contributed by atoms with Crippen LogP contribution in [0.25, 0.3) is 0 Å². The molecule has 0 saturated carbocycles. The SMILES string of the molecule is CCCCCCCCCC/C=C\CCCCCCCCCCCCCCCCCC(=O)OCC(COC(=O)CCCCCCC)OC(=O)CCCCCCCCCCCCCC. The summed E-state index contributed by atoms with van der Waals surface area (Å²) in [6, 6.07) is 0. The van der Waals surface area contributed by atoms with E-state index in [9.17, 15) is 14.4 Å². The Morgan fingerprint density at radius 1 is 0.306 bits per heavy atom. The van der Waals surface area contributed by atoms with Crippen LogP contribution in [0, 0.1) is 0 Å². The van der Waals surface area contributed by atoms with E-state index in [1.807, 2.05) is 0 Å². The summed E-state index contributed by atoms with van der Waals surface area (Å²) in [6.45, 7) is 6.59. The third kappa shape index (κ3) is 49.2. The van der Waals surface area contributed by atoms with Crippen molar-refractivity contribution in [3.05, 3.63) is 12.2 Å². The van der Waals surface area contributed by atoms with Gasteiger partial charge in [-0.3, -0.25) is 14.4 Å². The molecule has 0 radical (unpaired) electrons. The predicted molar refractivity (Wildman–Crippen MR) is 266 cm³/mol. The fraction of sp³-hybridized carbons (Fsp3) is 0.911.